The minimum Gasteiger partial charge on any atom is -0.404 e. The second-order valence-corrected chi connectivity index (χ2v) is 11.8. The van der Waals surface area contributed by atoms with Crippen LogP contribution in [0.3, 0.4) is 0 Å². The van der Waals surface area contributed by atoms with Crippen LogP contribution in [-0.2, 0) is 22.7 Å². The highest BCUT2D eigenvalue weighted by Gasteiger charge is 2.34. The van der Waals surface area contributed by atoms with Crippen LogP contribution in [0.2, 0.25) is 0 Å². The number of aromatic nitrogens is 2. The van der Waals surface area contributed by atoms with Crippen LogP contribution in [0.1, 0.15) is 11.1 Å². The molecule has 0 saturated heterocycles. The average molecular weight is 773 g/mol. The van der Waals surface area contributed by atoms with E-state index in [2.05, 4.69) is 20.1 Å². The van der Waals surface area contributed by atoms with Crippen molar-refractivity contribution in [2.75, 3.05) is 5.32 Å². The minimum atomic E-state index is -4.88. The summed E-state index contributed by atoms with van der Waals surface area (Å²) in [5.41, 5.74) is 4.73. The molecule has 0 aliphatic rings. The number of halogens is 6. The predicted molar refractivity (Wildman–Crippen MR) is 196 cm³/mol. The molecule has 0 bridgehead atoms. The van der Waals surface area contributed by atoms with Gasteiger partial charge in [0.1, 0.15) is 12.6 Å². The summed E-state index contributed by atoms with van der Waals surface area (Å²) in [5.74, 6) is -0.751. The maximum absolute atomic E-state index is 12.9. The molecule has 2 heterocycles. The molecule has 0 atom stereocenters. The Labute approximate surface area is 318 Å². The van der Waals surface area contributed by atoms with Gasteiger partial charge in [0.25, 0.3) is 5.69 Å². The molecular weight excluding hydrogens is 738 g/mol. The molecule has 2 aromatic heterocycles. The van der Waals surface area contributed by atoms with Crippen LogP contribution in [0.25, 0.3) is 16.8 Å². The number of aldehydes is 2. The van der Waals surface area contributed by atoms with Gasteiger partial charge in [-0.3, -0.25) is 9.59 Å². The predicted octanol–water partition coefficient (Wildman–Crippen LogP) is 8.24. The highest BCUT2D eigenvalue weighted by molar-refractivity contribution is 5.75. The summed E-state index contributed by atoms with van der Waals surface area (Å²) in [5, 5.41) is 5.91. The third kappa shape index (κ3) is 12.0. The van der Waals surface area contributed by atoms with Crippen LogP contribution in [0.4, 0.5) is 32.0 Å². The van der Waals surface area contributed by atoms with Crippen molar-refractivity contribution >= 4 is 18.3 Å². The highest BCUT2D eigenvalue weighted by atomic mass is 19.4. The zero-order valence-electron chi connectivity index (χ0n) is 29.4. The van der Waals surface area contributed by atoms with Crippen LogP contribution in [0.5, 0.6) is 11.5 Å². The first-order valence-corrected chi connectivity index (χ1v) is 16.8. The van der Waals surface area contributed by atoms with Crippen molar-refractivity contribution in [1.29, 1.82) is 0 Å². The number of allylic oxidation sites excluding steroid dienone is 6. The van der Waals surface area contributed by atoms with Gasteiger partial charge in [-0.2, -0.15) is 4.57 Å². The lowest BCUT2D eigenvalue weighted by Crippen LogP contribution is -2.33. The first-order valence-electron chi connectivity index (χ1n) is 16.8. The lowest BCUT2D eigenvalue weighted by molar-refractivity contribution is -0.688. The second kappa shape index (κ2) is 18.9. The molecule has 0 amide bonds. The summed E-state index contributed by atoms with van der Waals surface area (Å²) in [4.78, 5) is 22.8. The van der Waals surface area contributed by atoms with E-state index in [9.17, 15) is 35.9 Å². The standard InChI is InChI=1S/C42H32F6N4O4/c43-41(44,45)55-39-11-5-3-9-37(39)50-22-14-32(20-28-54)31(19-27-53)13-21-49-29-35-7-1-2-8-36(35)30-51-23-15-33(16-24-51)34-17-25-52(26-18-34)38-10-4-6-12-40(38)56-42(46,47)48/h1-28H,29-30H2/p+2. The van der Waals surface area contributed by atoms with Gasteiger partial charge in [0.2, 0.25) is 5.75 Å². The summed E-state index contributed by atoms with van der Waals surface area (Å²) in [6, 6.07) is 26.6. The van der Waals surface area contributed by atoms with Gasteiger partial charge in [-0.25, -0.2) is 4.57 Å². The van der Waals surface area contributed by atoms with E-state index in [0.29, 0.717) is 36.8 Å². The molecule has 5 rings (SSSR count). The van der Waals surface area contributed by atoms with Gasteiger partial charge < -0.3 is 20.1 Å². The van der Waals surface area contributed by atoms with Gasteiger partial charge in [0.15, 0.2) is 37.1 Å². The number of anilines is 1. The molecule has 5 aromatic rings. The number of benzene rings is 3. The van der Waals surface area contributed by atoms with Gasteiger partial charge in [-0.1, -0.05) is 48.5 Å². The second-order valence-electron chi connectivity index (χ2n) is 11.8. The van der Waals surface area contributed by atoms with Crippen LogP contribution < -0.4 is 29.2 Å². The largest absolute Gasteiger partial charge is 0.573 e. The van der Waals surface area contributed by atoms with Crippen molar-refractivity contribution in [3.8, 4) is 28.3 Å². The van der Waals surface area contributed by atoms with E-state index in [1.165, 1.54) is 60.8 Å². The first-order chi connectivity index (χ1) is 26.9. The number of hydrogen-bond donors (Lipinski definition) is 2. The molecule has 0 spiro atoms. The number of ether oxygens (including phenoxy) is 2. The Morgan fingerprint density at radius 1 is 0.607 bits per heavy atom. The number of alkyl halides is 6. The fourth-order valence-electron chi connectivity index (χ4n) is 5.48. The van der Waals surface area contributed by atoms with Crippen LogP contribution in [0.15, 0.2) is 170 Å². The third-order valence-electron chi connectivity index (χ3n) is 8.01. The highest BCUT2D eigenvalue weighted by Crippen LogP contribution is 2.30. The summed E-state index contributed by atoms with van der Waals surface area (Å²) in [6.07, 6.45) is 6.97. The van der Waals surface area contributed by atoms with Crippen LogP contribution in [-0.4, -0.2) is 25.3 Å². The maximum Gasteiger partial charge on any atom is 0.573 e. The smallest absolute Gasteiger partial charge is 0.404 e. The average Bonchev–Trinajstić information content (AvgIpc) is 3.16. The molecule has 14 heteroatoms. The molecule has 0 unspecified atom stereocenters. The Kier molecular flexibility index (Phi) is 13.6. The van der Waals surface area contributed by atoms with Crippen molar-refractivity contribution in [2.45, 2.75) is 25.8 Å². The van der Waals surface area contributed by atoms with Crippen molar-refractivity contribution in [3.05, 3.63) is 181 Å². The number of carbonyl (C=O) groups is 2. The Balaban J connectivity index is 1.21. The van der Waals surface area contributed by atoms with E-state index >= 15 is 0 Å². The van der Waals surface area contributed by atoms with E-state index < -0.39 is 18.5 Å². The lowest BCUT2D eigenvalue weighted by Gasteiger charge is -2.12. The van der Waals surface area contributed by atoms with Gasteiger partial charge in [0, 0.05) is 48.6 Å². The van der Waals surface area contributed by atoms with E-state index in [1.807, 2.05) is 53.4 Å². The normalized spacial score (nSPS) is 12.5. The topological polar surface area (TPSA) is 84.4 Å². The van der Waals surface area contributed by atoms with Crippen LogP contribution in [0, 0.1) is 0 Å². The zero-order valence-corrected chi connectivity index (χ0v) is 29.4. The Hall–Kier alpha value is -6.96. The molecule has 0 aliphatic heterocycles. The number of para-hydroxylation sites is 4. The monoisotopic (exact) mass is 772 g/mol. The number of nitrogens with one attached hydrogen (secondary N) is 2. The third-order valence-corrected chi connectivity index (χ3v) is 8.01. The van der Waals surface area contributed by atoms with Crippen LogP contribution >= 0.6 is 0 Å². The van der Waals surface area contributed by atoms with Gasteiger partial charge >= 0.3 is 12.7 Å². The van der Waals surface area contributed by atoms with Crippen molar-refractivity contribution in [3.63, 3.8) is 0 Å². The summed E-state index contributed by atoms with van der Waals surface area (Å²) in [7, 11) is 0. The van der Waals surface area contributed by atoms with Crippen molar-refractivity contribution in [1.82, 2.24) is 5.32 Å². The number of rotatable bonds is 16. The van der Waals surface area contributed by atoms with Gasteiger partial charge in [0.05, 0.1) is 5.69 Å². The molecule has 286 valence electrons. The van der Waals surface area contributed by atoms with E-state index in [-0.39, 0.29) is 17.1 Å². The molecule has 2 N–H and O–H groups in total. The Bertz CT molecular complexity index is 2230. The quantitative estimate of drug-likeness (QED) is 0.0346. The molecule has 0 fully saturated rings. The van der Waals surface area contributed by atoms with Gasteiger partial charge in [-0.05, 0) is 76.5 Å². The molecular formula is C42H34F6N4O4+2. The summed E-state index contributed by atoms with van der Waals surface area (Å²) < 4.78 is 88.9. The lowest BCUT2D eigenvalue weighted by atomic mass is 10.1. The summed E-state index contributed by atoms with van der Waals surface area (Å²) >= 11 is 0. The SMILES string of the molecule is O=CC=C(C=CNCc1ccccc1C[n+]1ccc(-c2cc[n+](-c3ccccc3OC(F)(F)F)cc2)cc1)C(C=CNc1ccccc1OC(F)(F)F)=CC=O. The van der Waals surface area contributed by atoms with E-state index in [4.69, 9.17) is 0 Å². The number of hydrogen-bond acceptors (Lipinski definition) is 6. The minimum absolute atomic E-state index is 0.0352. The van der Waals surface area contributed by atoms with E-state index in [1.54, 1.807) is 47.4 Å². The Morgan fingerprint density at radius 3 is 1.75 bits per heavy atom. The number of nitrogens with zero attached hydrogens (tertiary/aromatic N) is 2. The fourth-order valence-corrected chi connectivity index (χ4v) is 5.48. The summed E-state index contributed by atoms with van der Waals surface area (Å²) in [6.45, 7) is 0.963. The molecule has 56 heavy (non-hydrogen) atoms. The molecule has 0 aliphatic carbocycles. The fraction of sp³-hybridized carbons (Fsp3) is 0.0952. The molecule has 3 aromatic carbocycles. The zero-order chi connectivity index (χ0) is 40.0. The van der Waals surface area contributed by atoms with Gasteiger partial charge in [-0.15, -0.1) is 26.3 Å². The molecule has 8 nitrogen and oxygen atoms in total. The first kappa shape index (κ1) is 40.2. The van der Waals surface area contributed by atoms with Crippen molar-refractivity contribution < 1.29 is 54.5 Å². The molecule has 0 radical (unpaired) electrons. The van der Waals surface area contributed by atoms with E-state index in [0.717, 1.165) is 28.3 Å². The number of carbonyl (C=O) groups excluding carboxylic acids is 2. The van der Waals surface area contributed by atoms with Crippen molar-refractivity contribution in [2.24, 2.45) is 0 Å². The maximum atomic E-state index is 12.9. The molecule has 0 saturated carbocycles. The Morgan fingerprint density at radius 2 is 1.12 bits per heavy atom. The number of pyridine rings is 2.